The molecule has 1 heterocycles. The van der Waals surface area contributed by atoms with Crippen LogP contribution >= 0.6 is 0 Å². The maximum Gasteiger partial charge on any atom is 0.339 e. The van der Waals surface area contributed by atoms with Crippen LogP contribution in [-0.4, -0.2) is 28.9 Å². The van der Waals surface area contributed by atoms with Crippen LogP contribution in [0.25, 0.3) is 0 Å². The number of nitrogens with zero attached hydrogens (tertiary/aromatic N) is 1. The van der Waals surface area contributed by atoms with Crippen LogP contribution in [0.4, 0.5) is 0 Å². The Morgan fingerprint density at radius 3 is 2.30 bits per heavy atom. The van der Waals surface area contributed by atoms with E-state index in [1.165, 1.54) is 6.07 Å². The first kappa shape index (κ1) is 16.8. The summed E-state index contributed by atoms with van der Waals surface area (Å²) in [5, 5.41) is 9.04. The van der Waals surface area contributed by atoms with Gasteiger partial charge in [-0.25, -0.2) is 4.79 Å². The molecular weight excluding hydrogens is 294 g/mol. The molecule has 1 amide bonds. The normalized spacial score (nSPS) is 10.6. The van der Waals surface area contributed by atoms with Crippen molar-refractivity contribution in [3.8, 4) is 0 Å². The third-order valence-corrected chi connectivity index (χ3v) is 3.99. The summed E-state index contributed by atoms with van der Waals surface area (Å²) in [6.45, 7) is 5.83. The van der Waals surface area contributed by atoms with Crippen LogP contribution in [0.1, 0.15) is 38.6 Å². The molecule has 0 aliphatic rings. The van der Waals surface area contributed by atoms with Crippen LogP contribution in [0.15, 0.2) is 28.7 Å². The predicted molar refractivity (Wildman–Crippen MR) is 86.5 cm³/mol. The lowest BCUT2D eigenvalue weighted by atomic mass is 9.99. The average molecular weight is 315 g/mol. The van der Waals surface area contributed by atoms with Gasteiger partial charge in [-0.1, -0.05) is 18.2 Å². The zero-order chi connectivity index (χ0) is 17.1. The van der Waals surface area contributed by atoms with Crippen LogP contribution in [0, 0.1) is 20.8 Å². The number of carboxylic acids is 1. The number of carbonyl (C=O) groups excluding carboxylic acids is 1. The molecule has 5 heteroatoms. The molecule has 0 bridgehead atoms. The van der Waals surface area contributed by atoms with Crippen LogP contribution in [0.5, 0.6) is 0 Å². The predicted octanol–water partition coefficient (Wildman–Crippen LogP) is 3.10. The summed E-state index contributed by atoms with van der Waals surface area (Å²) in [5.41, 5.74) is 3.35. The summed E-state index contributed by atoms with van der Waals surface area (Å²) in [4.78, 5) is 25.0. The van der Waals surface area contributed by atoms with E-state index in [4.69, 9.17) is 9.52 Å². The average Bonchev–Trinajstić information content (AvgIpc) is 2.83. The van der Waals surface area contributed by atoms with Gasteiger partial charge in [0.15, 0.2) is 0 Å². The smallest absolute Gasteiger partial charge is 0.339 e. The summed E-state index contributed by atoms with van der Waals surface area (Å²) in [5.74, 6) is -0.240. The minimum Gasteiger partial charge on any atom is -0.478 e. The first-order valence-electron chi connectivity index (χ1n) is 7.41. The lowest BCUT2D eigenvalue weighted by Crippen LogP contribution is -2.28. The third-order valence-electron chi connectivity index (χ3n) is 3.99. The second kappa shape index (κ2) is 6.69. The van der Waals surface area contributed by atoms with E-state index in [9.17, 15) is 9.59 Å². The molecule has 122 valence electrons. The first-order chi connectivity index (χ1) is 10.8. The van der Waals surface area contributed by atoms with E-state index in [1.807, 2.05) is 32.0 Å². The number of rotatable bonds is 5. The van der Waals surface area contributed by atoms with Gasteiger partial charge >= 0.3 is 5.97 Å². The maximum absolute atomic E-state index is 12.4. The fourth-order valence-electron chi connectivity index (χ4n) is 2.57. The highest BCUT2D eigenvalue weighted by atomic mass is 16.4. The molecule has 0 fully saturated rings. The molecule has 0 saturated carbocycles. The Kier molecular flexibility index (Phi) is 4.89. The van der Waals surface area contributed by atoms with Crippen molar-refractivity contribution in [2.75, 3.05) is 7.05 Å². The summed E-state index contributed by atoms with van der Waals surface area (Å²) in [6, 6.07) is 7.43. The highest BCUT2D eigenvalue weighted by molar-refractivity contribution is 5.88. The minimum atomic E-state index is -1.03. The van der Waals surface area contributed by atoms with Crippen LogP contribution in [0.3, 0.4) is 0 Å². The lowest BCUT2D eigenvalue weighted by Gasteiger charge is -2.17. The number of aromatic carboxylic acids is 1. The molecule has 1 N–H and O–H groups in total. The van der Waals surface area contributed by atoms with Crippen molar-refractivity contribution in [1.82, 2.24) is 4.90 Å². The monoisotopic (exact) mass is 315 g/mol. The zero-order valence-corrected chi connectivity index (χ0v) is 13.8. The van der Waals surface area contributed by atoms with Gasteiger partial charge in [0.05, 0.1) is 13.0 Å². The number of benzene rings is 1. The molecule has 0 aliphatic carbocycles. The summed E-state index contributed by atoms with van der Waals surface area (Å²) in [7, 11) is 1.69. The number of carboxylic acid groups (broad SMARTS) is 1. The molecule has 2 aromatic rings. The van der Waals surface area contributed by atoms with E-state index in [2.05, 4.69) is 0 Å². The number of aryl methyl sites for hydroxylation is 3. The molecule has 1 aromatic carbocycles. The number of amides is 1. The van der Waals surface area contributed by atoms with Crippen molar-refractivity contribution in [1.29, 1.82) is 0 Å². The largest absolute Gasteiger partial charge is 0.478 e. The van der Waals surface area contributed by atoms with Gasteiger partial charge < -0.3 is 14.4 Å². The highest BCUT2D eigenvalue weighted by Gasteiger charge is 2.18. The van der Waals surface area contributed by atoms with Gasteiger partial charge in [-0.05, 0) is 43.5 Å². The van der Waals surface area contributed by atoms with Crippen molar-refractivity contribution in [2.45, 2.75) is 33.7 Å². The Morgan fingerprint density at radius 2 is 1.78 bits per heavy atom. The van der Waals surface area contributed by atoms with Gasteiger partial charge in [0.25, 0.3) is 0 Å². The molecule has 0 spiro atoms. The molecule has 5 nitrogen and oxygen atoms in total. The van der Waals surface area contributed by atoms with E-state index in [-0.39, 0.29) is 18.0 Å². The standard InChI is InChI=1S/C18H21NO4/c1-11-6-5-7-12(2)15(11)9-17(20)19(4)10-14-8-16(18(21)22)13(3)23-14/h5-8H,9-10H2,1-4H3,(H,21,22). The number of hydrogen-bond donors (Lipinski definition) is 1. The molecule has 0 atom stereocenters. The van der Waals surface area contributed by atoms with Crippen LogP contribution in [0.2, 0.25) is 0 Å². The number of hydrogen-bond acceptors (Lipinski definition) is 3. The van der Waals surface area contributed by atoms with Crippen molar-refractivity contribution in [3.05, 3.63) is 58.0 Å². The topological polar surface area (TPSA) is 70.8 Å². The summed E-state index contributed by atoms with van der Waals surface area (Å²) >= 11 is 0. The van der Waals surface area contributed by atoms with Gasteiger partial charge in [-0.15, -0.1) is 0 Å². The number of carbonyl (C=O) groups is 2. The van der Waals surface area contributed by atoms with Gasteiger partial charge in [0, 0.05) is 7.05 Å². The van der Waals surface area contributed by atoms with Gasteiger partial charge in [-0.2, -0.15) is 0 Å². The number of furan rings is 1. The summed E-state index contributed by atoms with van der Waals surface area (Å²) < 4.78 is 5.42. The van der Waals surface area contributed by atoms with E-state index >= 15 is 0 Å². The van der Waals surface area contributed by atoms with E-state index in [0.29, 0.717) is 17.9 Å². The van der Waals surface area contributed by atoms with Crippen LogP contribution < -0.4 is 0 Å². The fraction of sp³-hybridized carbons (Fsp3) is 0.333. The zero-order valence-electron chi connectivity index (χ0n) is 13.8. The Morgan fingerprint density at radius 1 is 1.17 bits per heavy atom. The molecule has 0 aliphatic heterocycles. The Labute approximate surface area is 135 Å². The second-order valence-corrected chi connectivity index (χ2v) is 5.78. The van der Waals surface area contributed by atoms with E-state index in [1.54, 1.807) is 18.9 Å². The van der Waals surface area contributed by atoms with E-state index < -0.39 is 5.97 Å². The third kappa shape index (κ3) is 3.80. The van der Waals surface area contributed by atoms with Gasteiger partial charge in [0.2, 0.25) is 5.91 Å². The van der Waals surface area contributed by atoms with Crippen LogP contribution in [-0.2, 0) is 17.8 Å². The van der Waals surface area contributed by atoms with Gasteiger partial charge in [-0.3, -0.25) is 4.79 Å². The fourth-order valence-corrected chi connectivity index (χ4v) is 2.57. The minimum absolute atomic E-state index is 0.0340. The first-order valence-corrected chi connectivity index (χ1v) is 7.41. The Hall–Kier alpha value is -2.56. The number of likely N-dealkylation sites (N-methyl/N-ethyl adjacent to an activating group) is 1. The second-order valence-electron chi connectivity index (χ2n) is 5.78. The molecule has 23 heavy (non-hydrogen) atoms. The molecule has 0 radical (unpaired) electrons. The van der Waals surface area contributed by atoms with Crippen molar-refractivity contribution in [2.24, 2.45) is 0 Å². The Bertz CT molecular complexity index is 725. The molecule has 1 aromatic heterocycles. The molecule has 0 unspecified atom stereocenters. The molecule has 0 saturated heterocycles. The lowest BCUT2D eigenvalue weighted by molar-refractivity contribution is -0.129. The SMILES string of the molecule is Cc1cccc(C)c1CC(=O)N(C)Cc1cc(C(=O)O)c(C)o1. The summed E-state index contributed by atoms with van der Waals surface area (Å²) in [6.07, 6.45) is 0.320. The van der Waals surface area contributed by atoms with Crippen molar-refractivity contribution in [3.63, 3.8) is 0 Å². The van der Waals surface area contributed by atoms with Crippen molar-refractivity contribution < 1.29 is 19.1 Å². The van der Waals surface area contributed by atoms with Crippen molar-refractivity contribution >= 4 is 11.9 Å². The molecule has 2 rings (SSSR count). The highest BCUT2D eigenvalue weighted by Crippen LogP contribution is 2.18. The maximum atomic E-state index is 12.4. The van der Waals surface area contributed by atoms with E-state index in [0.717, 1.165) is 16.7 Å². The van der Waals surface area contributed by atoms with Gasteiger partial charge in [0.1, 0.15) is 17.1 Å². The molecular formula is C18H21NO4. The quantitative estimate of drug-likeness (QED) is 0.920. The Balaban J connectivity index is 2.08.